The zero-order valence-electron chi connectivity index (χ0n) is 15.0. The van der Waals surface area contributed by atoms with Crippen molar-refractivity contribution < 1.29 is 0 Å². The Balaban J connectivity index is 1.67. The summed E-state index contributed by atoms with van der Waals surface area (Å²) in [6.07, 6.45) is 4.46. The lowest BCUT2D eigenvalue weighted by Gasteiger charge is -2.32. The molecule has 2 aromatic heterocycles. The van der Waals surface area contributed by atoms with E-state index in [1.165, 1.54) is 28.5 Å². The van der Waals surface area contributed by atoms with E-state index in [0.29, 0.717) is 11.8 Å². The first-order chi connectivity index (χ1) is 12.2. The highest BCUT2D eigenvalue weighted by atomic mass is 15.0. The summed E-state index contributed by atoms with van der Waals surface area (Å²) in [5.41, 5.74) is 8.46. The summed E-state index contributed by atoms with van der Waals surface area (Å²) in [6, 6.07) is 11.4. The largest absolute Gasteiger partial charge is 0.343 e. The van der Waals surface area contributed by atoms with Crippen molar-refractivity contribution in [3.63, 3.8) is 0 Å². The highest BCUT2D eigenvalue weighted by molar-refractivity contribution is 5.87. The average molecular weight is 331 g/mol. The Kier molecular flexibility index (Phi) is 3.46. The molecule has 1 aromatic carbocycles. The monoisotopic (exact) mass is 331 g/mol. The Morgan fingerprint density at radius 3 is 2.88 bits per heavy atom. The Morgan fingerprint density at radius 1 is 1.12 bits per heavy atom. The molecule has 2 aliphatic heterocycles. The lowest BCUT2D eigenvalue weighted by molar-refractivity contribution is 0.400. The number of aromatic nitrogens is 2. The van der Waals surface area contributed by atoms with E-state index in [0.717, 1.165) is 31.7 Å². The first kappa shape index (κ1) is 15.2. The van der Waals surface area contributed by atoms with Crippen LogP contribution in [0.25, 0.3) is 10.9 Å². The number of pyridine rings is 1. The van der Waals surface area contributed by atoms with Crippen LogP contribution in [0.5, 0.6) is 0 Å². The van der Waals surface area contributed by atoms with Crippen LogP contribution in [0.2, 0.25) is 0 Å². The van der Waals surface area contributed by atoms with Gasteiger partial charge in [0.1, 0.15) is 0 Å². The van der Waals surface area contributed by atoms with Crippen LogP contribution in [-0.2, 0) is 13.0 Å². The highest BCUT2D eigenvalue weighted by Gasteiger charge is 2.33. The third-order valence-corrected chi connectivity index (χ3v) is 6.07. The number of benzene rings is 1. The van der Waals surface area contributed by atoms with E-state index in [1.54, 1.807) is 11.3 Å². The molecule has 0 saturated carbocycles. The van der Waals surface area contributed by atoms with Gasteiger partial charge in [-0.3, -0.25) is 4.98 Å². The molecule has 0 fully saturated rings. The SMILES string of the molecule is Cc1ccc2c(c1)c1c3n2CC(c2ccc(C)nc2)CC3CNCC1. The van der Waals surface area contributed by atoms with Gasteiger partial charge in [-0.15, -0.1) is 0 Å². The molecule has 1 N–H and O–H groups in total. The quantitative estimate of drug-likeness (QED) is 0.728. The molecule has 0 amide bonds. The second-order valence-electron chi connectivity index (χ2n) is 7.81. The van der Waals surface area contributed by atoms with E-state index in [-0.39, 0.29) is 0 Å². The summed E-state index contributed by atoms with van der Waals surface area (Å²) in [5, 5.41) is 5.15. The zero-order valence-corrected chi connectivity index (χ0v) is 15.0. The number of aryl methyl sites for hydroxylation is 2. The van der Waals surface area contributed by atoms with Crippen molar-refractivity contribution in [2.24, 2.45) is 0 Å². The maximum Gasteiger partial charge on any atom is 0.0485 e. The van der Waals surface area contributed by atoms with Crippen molar-refractivity contribution in [1.29, 1.82) is 0 Å². The fraction of sp³-hybridized carbons (Fsp3) is 0.409. The van der Waals surface area contributed by atoms with Crippen LogP contribution in [0.15, 0.2) is 36.5 Å². The number of nitrogens with one attached hydrogen (secondary N) is 1. The van der Waals surface area contributed by atoms with E-state index >= 15 is 0 Å². The minimum Gasteiger partial charge on any atom is -0.343 e. The first-order valence-corrected chi connectivity index (χ1v) is 9.45. The molecule has 3 aromatic rings. The predicted octanol–water partition coefficient (Wildman–Crippen LogP) is 4.07. The van der Waals surface area contributed by atoms with Crippen molar-refractivity contribution in [3.05, 3.63) is 64.6 Å². The van der Waals surface area contributed by atoms with Crippen LogP contribution in [0.1, 0.15) is 46.3 Å². The van der Waals surface area contributed by atoms with Crippen LogP contribution < -0.4 is 5.32 Å². The van der Waals surface area contributed by atoms with E-state index in [1.807, 2.05) is 0 Å². The molecule has 0 bridgehead atoms. The molecule has 2 aliphatic rings. The molecule has 5 rings (SSSR count). The van der Waals surface area contributed by atoms with Crippen molar-refractivity contribution in [2.75, 3.05) is 13.1 Å². The van der Waals surface area contributed by atoms with Gasteiger partial charge in [0, 0.05) is 53.4 Å². The van der Waals surface area contributed by atoms with Crippen molar-refractivity contribution >= 4 is 10.9 Å². The van der Waals surface area contributed by atoms with Crippen LogP contribution >= 0.6 is 0 Å². The van der Waals surface area contributed by atoms with Gasteiger partial charge in [-0.1, -0.05) is 17.7 Å². The summed E-state index contributed by atoms with van der Waals surface area (Å²) in [7, 11) is 0. The molecule has 3 heteroatoms. The molecule has 0 saturated heterocycles. The van der Waals surface area contributed by atoms with Gasteiger partial charge in [0.15, 0.2) is 0 Å². The average Bonchev–Trinajstić information content (AvgIpc) is 2.77. The van der Waals surface area contributed by atoms with Gasteiger partial charge in [0.25, 0.3) is 0 Å². The Labute approximate surface area is 149 Å². The standard InChI is InChI=1S/C22H25N3/c1-14-3-6-21-20(9-14)19-7-8-23-11-17-10-18(13-25(21)22(17)19)16-5-4-15(2)24-12-16/h3-6,9,12,17-18,23H,7-8,10-11,13H2,1-2H3. The van der Waals surface area contributed by atoms with E-state index in [9.17, 15) is 0 Å². The van der Waals surface area contributed by atoms with Gasteiger partial charge in [0.05, 0.1) is 0 Å². The highest BCUT2D eigenvalue weighted by Crippen LogP contribution is 2.43. The minimum atomic E-state index is 0.551. The lowest BCUT2D eigenvalue weighted by Crippen LogP contribution is -2.28. The summed E-state index contributed by atoms with van der Waals surface area (Å²) in [6.45, 7) is 7.53. The second-order valence-corrected chi connectivity index (χ2v) is 7.81. The Hall–Kier alpha value is -2.13. The zero-order chi connectivity index (χ0) is 17.0. The molecule has 0 radical (unpaired) electrons. The summed E-state index contributed by atoms with van der Waals surface area (Å²) >= 11 is 0. The summed E-state index contributed by atoms with van der Waals surface area (Å²) in [5.74, 6) is 1.15. The molecule has 0 aliphatic carbocycles. The van der Waals surface area contributed by atoms with Gasteiger partial charge in [-0.2, -0.15) is 0 Å². The molecule has 2 atom stereocenters. The van der Waals surface area contributed by atoms with Crippen molar-refractivity contribution in [3.8, 4) is 0 Å². The van der Waals surface area contributed by atoms with Gasteiger partial charge in [-0.25, -0.2) is 0 Å². The van der Waals surface area contributed by atoms with Crippen molar-refractivity contribution in [2.45, 2.75) is 45.1 Å². The fourth-order valence-corrected chi connectivity index (χ4v) is 4.87. The smallest absolute Gasteiger partial charge is 0.0485 e. The number of nitrogens with zero attached hydrogens (tertiary/aromatic N) is 2. The van der Waals surface area contributed by atoms with Gasteiger partial charge >= 0.3 is 0 Å². The molecule has 25 heavy (non-hydrogen) atoms. The number of hydrogen-bond donors (Lipinski definition) is 1. The summed E-state index contributed by atoms with van der Waals surface area (Å²) in [4.78, 5) is 4.55. The maximum absolute atomic E-state index is 4.55. The fourth-order valence-electron chi connectivity index (χ4n) is 4.87. The minimum absolute atomic E-state index is 0.551. The molecular formula is C22H25N3. The molecule has 0 spiro atoms. The maximum atomic E-state index is 4.55. The van der Waals surface area contributed by atoms with Crippen LogP contribution in [0, 0.1) is 13.8 Å². The number of rotatable bonds is 1. The third-order valence-electron chi connectivity index (χ3n) is 6.07. The van der Waals surface area contributed by atoms with Gasteiger partial charge in [0.2, 0.25) is 0 Å². The number of hydrogen-bond acceptors (Lipinski definition) is 2. The van der Waals surface area contributed by atoms with E-state index in [4.69, 9.17) is 0 Å². The third kappa shape index (κ3) is 2.41. The topological polar surface area (TPSA) is 29.9 Å². The molecular weight excluding hydrogens is 306 g/mol. The predicted molar refractivity (Wildman–Crippen MR) is 102 cm³/mol. The molecule has 3 nitrogen and oxygen atoms in total. The van der Waals surface area contributed by atoms with Crippen molar-refractivity contribution in [1.82, 2.24) is 14.9 Å². The van der Waals surface area contributed by atoms with Gasteiger partial charge < -0.3 is 9.88 Å². The molecule has 4 heterocycles. The van der Waals surface area contributed by atoms with Crippen LogP contribution in [-0.4, -0.2) is 22.6 Å². The van der Waals surface area contributed by atoms with Crippen LogP contribution in [0.4, 0.5) is 0 Å². The van der Waals surface area contributed by atoms with Crippen LogP contribution in [0.3, 0.4) is 0 Å². The summed E-state index contributed by atoms with van der Waals surface area (Å²) < 4.78 is 2.62. The van der Waals surface area contributed by atoms with E-state index < -0.39 is 0 Å². The van der Waals surface area contributed by atoms with Gasteiger partial charge in [-0.05, 0) is 62.6 Å². The normalized spacial score (nSPS) is 22.6. The number of fused-ring (bicyclic) bond motifs is 3. The molecule has 128 valence electrons. The first-order valence-electron chi connectivity index (χ1n) is 9.45. The lowest BCUT2D eigenvalue weighted by atomic mass is 9.83. The van der Waals surface area contributed by atoms with E-state index in [2.05, 4.69) is 65.2 Å². The molecule has 2 unspecified atom stereocenters. The Bertz CT molecular complexity index is 936. The Morgan fingerprint density at radius 2 is 2.04 bits per heavy atom. The second kappa shape index (κ2) is 5.70.